The summed E-state index contributed by atoms with van der Waals surface area (Å²) in [5.41, 5.74) is 0.792. The molecule has 0 unspecified atom stereocenters. The summed E-state index contributed by atoms with van der Waals surface area (Å²) >= 11 is 0. The molecule has 1 aliphatic rings. The van der Waals surface area contributed by atoms with E-state index in [2.05, 4.69) is 10.3 Å². The number of rotatable bonds is 8. The number of nitriles is 1. The van der Waals surface area contributed by atoms with E-state index in [4.69, 9.17) is 10.00 Å². The fourth-order valence-electron chi connectivity index (χ4n) is 2.22. The van der Waals surface area contributed by atoms with E-state index in [0.29, 0.717) is 17.7 Å². The second kappa shape index (κ2) is 9.24. The van der Waals surface area contributed by atoms with Gasteiger partial charge in [0.1, 0.15) is 5.82 Å². The molecule has 0 spiro atoms. The number of likely N-dealkylation sites (N-methyl/N-ethyl adjacent to an activating group) is 1. The highest BCUT2D eigenvalue weighted by atomic mass is 19.1. The summed E-state index contributed by atoms with van der Waals surface area (Å²) in [6.07, 6.45) is 2.58. The average Bonchev–Trinajstić information content (AvgIpc) is 3.40. The molecule has 1 aromatic rings. The Kier molecular flexibility index (Phi) is 7.01. The lowest BCUT2D eigenvalue weighted by Gasteiger charge is -2.22. The first-order valence-corrected chi connectivity index (χ1v) is 8.39. The molecule has 1 aromatic carbocycles. The molecule has 0 atom stereocenters. The van der Waals surface area contributed by atoms with E-state index < -0.39 is 5.82 Å². The predicted octanol–water partition coefficient (Wildman–Crippen LogP) is 2.52. The van der Waals surface area contributed by atoms with Gasteiger partial charge >= 0.3 is 0 Å². The Labute approximate surface area is 143 Å². The van der Waals surface area contributed by atoms with Gasteiger partial charge in [-0.05, 0) is 37.8 Å². The van der Waals surface area contributed by atoms with Gasteiger partial charge in [0.2, 0.25) is 0 Å². The van der Waals surface area contributed by atoms with E-state index in [1.54, 1.807) is 12.1 Å². The largest absolute Gasteiger partial charge is 0.379 e. The minimum atomic E-state index is -0.399. The van der Waals surface area contributed by atoms with Gasteiger partial charge in [-0.3, -0.25) is 0 Å². The van der Waals surface area contributed by atoms with Crippen molar-refractivity contribution in [1.82, 2.24) is 10.2 Å². The highest BCUT2D eigenvalue weighted by Gasteiger charge is 2.21. The molecule has 0 heterocycles. The van der Waals surface area contributed by atoms with Crippen molar-refractivity contribution in [3.05, 3.63) is 35.1 Å². The smallest absolute Gasteiger partial charge is 0.194 e. The molecule has 0 radical (unpaired) electrons. The SMILES string of the molecule is CCNC(=NCc1ccc(C#N)cc1F)N(C)CCOCC1CC1. The minimum absolute atomic E-state index is 0.229. The highest BCUT2D eigenvalue weighted by Crippen LogP contribution is 2.28. The normalized spacial score (nSPS) is 14.3. The molecular weight excluding hydrogens is 307 g/mol. The molecule has 0 aromatic heterocycles. The molecule has 0 saturated heterocycles. The standard InChI is InChI=1S/C18H25FN4O/c1-3-21-18(23(2)8-9-24-13-14-4-5-14)22-12-16-7-6-15(11-20)10-17(16)19/h6-7,10,14H,3-5,8-9,12-13H2,1-2H3,(H,21,22). The Morgan fingerprint density at radius 3 is 2.92 bits per heavy atom. The first-order chi connectivity index (χ1) is 11.6. The molecule has 2 rings (SSSR count). The van der Waals surface area contributed by atoms with E-state index in [9.17, 15) is 4.39 Å². The summed E-state index contributed by atoms with van der Waals surface area (Å²) in [6, 6.07) is 6.39. The summed E-state index contributed by atoms with van der Waals surface area (Å²) in [4.78, 5) is 6.46. The second-order valence-corrected chi connectivity index (χ2v) is 6.03. The van der Waals surface area contributed by atoms with Crippen molar-refractivity contribution in [3.63, 3.8) is 0 Å². The summed E-state index contributed by atoms with van der Waals surface area (Å²) in [5.74, 6) is 1.08. The predicted molar refractivity (Wildman–Crippen MR) is 92.1 cm³/mol. The Morgan fingerprint density at radius 1 is 1.50 bits per heavy atom. The lowest BCUT2D eigenvalue weighted by atomic mass is 10.1. The molecule has 1 fully saturated rings. The molecule has 0 aliphatic heterocycles. The maximum absolute atomic E-state index is 13.9. The Hall–Kier alpha value is -2.13. The number of halogens is 1. The van der Waals surface area contributed by atoms with Crippen molar-refractivity contribution in [1.29, 1.82) is 5.26 Å². The van der Waals surface area contributed by atoms with Gasteiger partial charge in [-0.2, -0.15) is 5.26 Å². The van der Waals surface area contributed by atoms with Gasteiger partial charge in [0.15, 0.2) is 5.96 Å². The molecule has 0 bridgehead atoms. The zero-order valence-electron chi connectivity index (χ0n) is 14.4. The van der Waals surface area contributed by atoms with Gasteiger partial charge in [-0.25, -0.2) is 9.38 Å². The van der Waals surface area contributed by atoms with Gasteiger partial charge in [-0.1, -0.05) is 6.07 Å². The van der Waals surface area contributed by atoms with Crippen molar-refractivity contribution >= 4 is 5.96 Å². The second-order valence-electron chi connectivity index (χ2n) is 6.03. The van der Waals surface area contributed by atoms with Gasteiger partial charge in [0.25, 0.3) is 0 Å². The number of nitrogens with one attached hydrogen (secondary N) is 1. The fourth-order valence-corrected chi connectivity index (χ4v) is 2.22. The van der Waals surface area contributed by atoms with Crippen molar-refractivity contribution in [2.75, 3.05) is 33.4 Å². The number of aliphatic imine (C=N–C) groups is 1. The Bertz CT molecular complexity index is 608. The van der Waals surface area contributed by atoms with Gasteiger partial charge < -0.3 is 15.0 Å². The van der Waals surface area contributed by atoms with Crippen molar-refractivity contribution < 1.29 is 9.13 Å². The van der Waals surface area contributed by atoms with E-state index in [0.717, 1.165) is 31.6 Å². The lowest BCUT2D eigenvalue weighted by molar-refractivity contribution is 0.115. The Morgan fingerprint density at radius 2 is 2.29 bits per heavy atom. The molecule has 24 heavy (non-hydrogen) atoms. The maximum atomic E-state index is 13.9. The van der Waals surface area contributed by atoms with Gasteiger partial charge in [0.05, 0.1) is 24.8 Å². The van der Waals surface area contributed by atoms with Crippen LogP contribution in [-0.4, -0.2) is 44.2 Å². The number of guanidine groups is 1. The average molecular weight is 332 g/mol. The van der Waals surface area contributed by atoms with E-state index in [1.165, 1.54) is 18.9 Å². The van der Waals surface area contributed by atoms with E-state index in [-0.39, 0.29) is 6.54 Å². The first kappa shape index (κ1) is 18.2. The third kappa shape index (κ3) is 5.82. The third-order valence-electron chi connectivity index (χ3n) is 3.90. The molecule has 1 aliphatic carbocycles. The summed E-state index contributed by atoms with van der Waals surface area (Å²) in [7, 11) is 1.94. The molecule has 130 valence electrons. The summed E-state index contributed by atoms with van der Waals surface area (Å²) in [6.45, 7) is 5.19. The van der Waals surface area contributed by atoms with Crippen LogP contribution in [0.4, 0.5) is 4.39 Å². The number of benzene rings is 1. The van der Waals surface area contributed by atoms with Crippen molar-refractivity contribution in [3.8, 4) is 6.07 Å². The van der Waals surface area contributed by atoms with Crippen LogP contribution in [0.5, 0.6) is 0 Å². The van der Waals surface area contributed by atoms with Crippen molar-refractivity contribution in [2.45, 2.75) is 26.3 Å². The highest BCUT2D eigenvalue weighted by molar-refractivity contribution is 5.79. The van der Waals surface area contributed by atoms with Crippen LogP contribution in [0.2, 0.25) is 0 Å². The topological polar surface area (TPSA) is 60.7 Å². The van der Waals surface area contributed by atoms with Crippen LogP contribution in [0.25, 0.3) is 0 Å². The molecule has 6 heteroatoms. The van der Waals surface area contributed by atoms with Gasteiger partial charge in [-0.15, -0.1) is 0 Å². The van der Waals surface area contributed by atoms with E-state index >= 15 is 0 Å². The van der Waals surface area contributed by atoms with Crippen molar-refractivity contribution in [2.24, 2.45) is 10.9 Å². The van der Waals surface area contributed by atoms with Crippen LogP contribution in [-0.2, 0) is 11.3 Å². The number of ether oxygens (including phenoxy) is 1. The molecule has 1 saturated carbocycles. The lowest BCUT2D eigenvalue weighted by Crippen LogP contribution is -2.40. The maximum Gasteiger partial charge on any atom is 0.194 e. The zero-order valence-corrected chi connectivity index (χ0v) is 14.4. The number of hydrogen-bond donors (Lipinski definition) is 1. The van der Waals surface area contributed by atoms with Crippen LogP contribution in [0, 0.1) is 23.1 Å². The van der Waals surface area contributed by atoms with Crippen LogP contribution in [0.15, 0.2) is 23.2 Å². The van der Waals surface area contributed by atoms with Crippen LogP contribution < -0.4 is 5.32 Å². The van der Waals surface area contributed by atoms with Crippen LogP contribution >= 0.6 is 0 Å². The van der Waals surface area contributed by atoms with Gasteiger partial charge in [0, 0.05) is 32.3 Å². The summed E-state index contributed by atoms with van der Waals surface area (Å²) < 4.78 is 19.6. The molecule has 5 nitrogen and oxygen atoms in total. The quantitative estimate of drug-likeness (QED) is 0.451. The van der Waals surface area contributed by atoms with E-state index in [1.807, 2.05) is 24.9 Å². The minimum Gasteiger partial charge on any atom is -0.379 e. The third-order valence-corrected chi connectivity index (χ3v) is 3.90. The Balaban J connectivity index is 1.89. The van der Waals surface area contributed by atoms with Crippen LogP contribution in [0.3, 0.4) is 0 Å². The number of hydrogen-bond acceptors (Lipinski definition) is 3. The zero-order chi connectivity index (χ0) is 17.4. The van der Waals surface area contributed by atoms with Crippen LogP contribution in [0.1, 0.15) is 30.9 Å². The first-order valence-electron chi connectivity index (χ1n) is 8.39. The monoisotopic (exact) mass is 332 g/mol. The molecule has 1 N–H and O–H groups in total. The summed E-state index contributed by atoms with van der Waals surface area (Å²) in [5, 5.41) is 12.0. The molecular formula is C18H25FN4O. The number of nitrogens with zero attached hydrogens (tertiary/aromatic N) is 3. The fraction of sp³-hybridized carbons (Fsp3) is 0.556. The molecule has 0 amide bonds.